The maximum Gasteiger partial charge on any atom is 0.268 e. The van der Waals surface area contributed by atoms with Gasteiger partial charge < -0.3 is 10.2 Å². The van der Waals surface area contributed by atoms with Crippen LogP contribution in [0.15, 0.2) is 30.9 Å². The van der Waals surface area contributed by atoms with Gasteiger partial charge in [0.05, 0.1) is 25.4 Å². The third kappa shape index (κ3) is 3.87. The summed E-state index contributed by atoms with van der Waals surface area (Å²) < 4.78 is 28.8. The average Bonchev–Trinajstić information content (AvgIpc) is 3.29. The van der Waals surface area contributed by atoms with Crippen molar-refractivity contribution in [3.05, 3.63) is 47.5 Å². The molecule has 3 heterocycles. The fourth-order valence-corrected chi connectivity index (χ4v) is 3.99. The molecule has 156 valence electrons. The fraction of sp³-hybridized carbons (Fsp3) is 0.450. The van der Waals surface area contributed by atoms with Gasteiger partial charge in [0.2, 0.25) is 5.91 Å². The number of amides is 2. The first kappa shape index (κ1) is 19.9. The summed E-state index contributed by atoms with van der Waals surface area (Å²) in [6.07, 6.45) is 7.06. The Kier molecular flexibility index (Phi) is 4.97. The van der Waals surface area contributed by atoms with Gasteiger partial charge in [-0.2, -0.15) is 10.4 Å². The van der Waals surface area contributed by atoms with Crippen molar-refractivity contribution >= 4 is 11.8 Å². The van der Waals surface area contributed by atoms with Crippen LogP contribution in [0.4, 0.5) is 8.78 Å². The first-order valence-corrected chi connectivity index (χ1v) is 9.56. The molecule has 1 N–H and O–H groups in total. The number of likely N-dealkylation sites (tertiary alicyclic amines) is 1. The second-order valence-electron chi connectivity index (χ2n) is 7.77. The van der Waals surface area contributed by atoms with E-state index in [1.807, 2.05) is 13.2 Å². The van der Waals surface area contributed by atoms with Crippen LogP contribution < -0.4 is 5.32 Å². The molecule has 8 nitrogen and oxygen atoms in total. The summed E-state index contributed by atoms with van der Waals surface area (Å²) in [7, 11) is 1.84. The topological polar surface area (TPSA) is 104 Å². The highest BCUT2D eigenvalue weighted by Gasteiger charge is 2.47. The number of carbonyl (C=O) groups is 2. The smallest absolute Gasteiger partial charge is 0.268 e. The minimum atomic E-state index is -3.09. The van der Waals surface area contributed by atoms with Crippen molar-refractivity contribution in [2.75, 3.05) is 13.1 Å². The number of hydrogen-bond acceptors (Lipinski definition) is 5. The number of halogens is 2. The molecule has 2 unspecified atom stereocenters. The zero-order chi connectivity index (χ0) is 21.5. The van der Waals surface area contributed by atoms with E-state index in [0.717, 1.165) is 22.4 Å². The minimum absolute atomic E-state index is 0.125. The molecule has 1 saturated carbocycles. The van der Waals surface area contributed by atoms with Crippen LogP contribution >= 0.6 is 0 Å². The van der Waals surface area contributed by atoms with Crippen LogP contribution in [0.1, 0.15) is 46.2 Å². The van der Waals surface area contributed by atoms with Crippen molar-refractivity contribution in [1.29, 1.82) is 5.26 Å². The lowest BCUT2D eigenvalue weighted by Gasteiger charge is -2.19. The van der Waals surface area contributed by atoms with Gasteiger partial charge in [0, 0.05) is 37.6 Å². The van der Waals surface area contributed by atoms with Gasteiger partial charge in [0.15, 0.2) is 0 Å². The maximum atomic E-state index is 13.5. The molecule has 10 heteroatoms. The molecule has 0 bridgehead atoms. The van der Waals surface area contributed by atoms with Crippen LogP contribution in [-0.4, -0.2) is 56.5 Å². The first-order valence-electron chi connectivity index (χ1n) is 9.56. The number of carbonyl (C=O) groups excluding carboxylic acids is 2. The van der Waals surface area contributed by atoms with Gasteiger partial charge in [-0.3, -0.25) is 19.3 Å². The quantitative estimate of drug-likeness (QED) is 0.800. The third-order valence-electron chi connectivity index (χ3n) is 5.58. The molecule has 2 amide bonds. The van der Waals surface area contributed by atoms with Crippen molar-refractivity contribution < 1.29 is 18.4 Å². The van der Waals surface area contributed by atoms with Crippen molar-refractivity contribution in [2.45, 2.75) is 36.6 Å². The minimum Gasteiger partial charge on any atom is -0.343 e. The first-order chi connectivity index (χ1) is 14.3. The fourth-order valence-electron chi connectivity index (χ4n) is 3.99. The molecule has 2 aliphatic rings. The standard InChI is InChI=1S/C20H20F2N6O2/c1-27-10-12(7-26-27)15-4-16(15)17-8-24-3-2-14(17)19(30)25-9-18(29)28-11-20(21,22)5-13(28)6-23/h2-3,7-8,10,13,15-16H,4-5,9,11H2,1H3,(H,25,30)/t13-,15?,16?/m0/s1. The number of pyridine rings is 1. The Labute approximate surface area is 171 Å². The van der Waals surface area contributed by atoms with Gasteiger partial charge in [-0.05, 0) is 35.4 Å². The van der Waals surface area contributed by atoms with Crippen LogP contribution in [0.5, 0.6) is 0 Å². The number of nitrogens with zero attached hydrogens (tertiary/aromatic N) is 5. The van der Waals surface area contributed by atoms with Crippen molar-refractivity contribution in [3.63, 3.8) is 0 Å². The van der Waals surface area contributed by atoms with Crippen LogP contribution in [0.2, 0.25) is 0 Å². The highest BCUT2D eigenvalue weighted by atomic mass is 19.3. The number of nitriles is 1. The number of aryl methyl sites for hydroxylation is 1. The molecule has 1 aliphatic carbocycles. The molecule has 0 aromatic carbocycles. The van der Waals surface area contributed by atoms with Crippen LogP contribution in [-0.2, 0) is 11.8 Å². The van der Waals surface area contributed by atoms with Crippen LogP contribution in [0.25, 0.3) is 0 Å². The number of nitrogens with one attached hydrogen (secondary N) is 1. The Balaban J connectivity index is 1.41. The Hall–Kier alpha value is -3.35. The number of rotatable bonds is 5. The zero-order valence-corrected chi connectivity index (χ0v) is 16.3. The lowest BCUT2D eigenvalue weighted by molar-refractivity contribution is -0.131. The van der Waals surface area contributed by atoms with Gasteiger partial charge in [-0.15, -0.1) is 0 Å². The molecular formula is C20H20F2N6O2. The van der Waals surface area contributed by atoms with E-state index in [0.29, 0.717) is 5.56 Å². The SMILES string of the molecule is Cn1cc(C2CC2c2cnccc2C(=O)NCC(=O)N2CC(F)(F)C[C@H]2C#N)cn1. The molecule has 0 spiro atoms. The average molecular weight is 414 g/mol. The molecular weight excluding hydrogens is 394 g/mol. The molecule has 30 heavy (non-hydrogen) atoms. The van der Waals surface area contributed by atoms with Gasteiger partial charge in [0.1, 0.15) is 6.04 Å². The molecule has 2 aromatic rings. The van der Waals surface area contributed by atoms with E-state index in [9.17, 15) is 18.4 Å². The maximum absolute atomic E-state index is 13.5. The third-order valence-corrected chi connectivity index (χ3v) is 5.58. The lowest BCUT2D eigenvalue weighted by Crippen LogP contribution is -2.43. The van der Waals surface area contributed by atoms with E-state index in [-0.39, 0.29) is 11.8 Å². The second-order valence-corrected chi connectivity index (χ2v) is 7.77. The Morgan fingerprint density at radius 3 is 2.87 bits per heavy atom. The van der Waals surface area contributed by atoms with E-state index in [1.54, 1.807) is 29.2 Å². The lowest BCUT2D eigenvalue weighted by atomic mass is 10.0. The number of hydrogen-bond donors (Lipinski definition) is 1. The van der Waals surface area contributed by atoms with E-state index < -0.39 is 43.3 Å². The predicted molar refractivity (Wildman–Crippen MR) is 101 cm³/mol. The molecule has 0 radical (unpaired) electrons. The summed E-state index contributed by atoms with van der Waals surface area (Å²) in [5.74, 6) is -3.90. The predicted octanol–water partition coefficient (Wildman–Crippen LogP) is 1.58. The van der Waals surface area contributed by atoms with Crippen molar-refractivity contribution in [2.24, 2.45) is 7.05 Å². The van der Waals surface area contributed by atoms with E-state index >= 15 is 0 Å². The van der Waals surface area contributed by atoms with Crippen molar-refractivity contribution in [3.8, 4) is 6.07 Å². The highest BCUT2D eigenvalue weighted by molar-refractivity contribution is 5.98. The summed E-state index contributed by atoms with van der Waals surface area (Å²) in [6.45, 7) is -1.26. The second kappa shape index (κ2) is 7.48. The number of aromatic nitrogens is 3. The van der Waals surface area contributed by atoms with Gasteiger partial charge in [0.25, 0.3) is 11.8 Å². The number of alkyl halides is 2. The molecule has 1 saturated heterocycles. The van der Waals surface area contributed by atoms with E-state index in [1.165, 1.54) is 6.20 Å². The largest absolute Gasteiger partial charge is 0.343 e. The molecule has 4 rings (SSSR count). The highest BCUT2D eigenvalue weighted by Crippen LogP contribution is 2.55. The van der Waals surface area contributed by atoms with Crippen LogP contribution in [0, 0.1) is 11.3 Å². The Bertz CT molecular complexity index is 1030. The van der Waals surface area contributed by atoms with E-state index in [4.69, 9.17) is 5.26 Å². The van der Waals surface area contributed by atoms with Gasteiger partial charge in [-0.1, -0.05) is 0 Å². The molecule has 1 aliphatic heterocycles. The summed E-state index contributed by atoms with van der Waals surface area (Å²) in [5.41, 5.74) is 2.27. The molecule has 3 atom stereocenters. The summed E-state index contributed by atoms with van der Waals surface area (Å²) in [4.78, 5) is 30.0. The van der Waals surface area contributed by atoms with Crippen molar-refractivity contribution in [1.82, 2.24) is 25.0 Å². The summed E-state index contributed by atoms with van der Waals surface area (Å²) >= 11 is 0. The van der Waals surface area contributed by atoms with Gasteiger partial charge >= 0.3 is 0 Å². The Morgan fingerprint density at radius 2 is 2.17 bits per heavy atom. The monoisotopic (exact) mass is 414 g/mol. The zero-order valence-electron chi connectivity index (χ0n) is 16.3. The normalized spacial score (nSPS) is 24.3. The van der Waals surface area contributed by atoms with Crippen LogP contribution in [0.3, 0.4) is 0 Å². The summed E-state index contributed by atoms with van der Waals surface area (Å²) in [6, 6.07) is 2.11. The molecule has 2 fully saturated rings. The van der Waals surface area contributed by atoms with Gasteiger partial charge in [-0.25, -0.2) is 8.78 Å². The molecule has 2 aromatic heterocycles. The van der Waals surface area contributed by atoms with E-state index in [2.05, 4.69) is 15.4 Å². The Morgan fingerprint density at radius 1 is 1.37 bits per heavy atom. The summed E-state index contributed by atoms with van der Waals surface area (Å²) in [5, 5.41) is 15.7.